The molecule has 15 heavy (non-hydrogen) atoms. The summed E-state index contributed by atoms with van der Waals surface area (Å²) < 4.78 is 4.92. The van der Waals surface area contributed by atoms with Gasteiger partial charge in [-0.05, 0) is 6.07 Å². The number of amidine groups is 1. The zero-order valence-electron chi connectivity index (χ0n) is 8.10. The van der Waals surface area contributed by atoms with E-state index in [9.17, 15) is 4.79 Å². The zero-order valence-corrected chi connectivity index (χ0v) is 8.10. The molecule has 78 valence electrons. The molecule has 0 aromatic carbocycles. The molecule has 6 heteroatoms. The van der Waals surface area contributed by atoms with Gasteiger partial charge in [0.2, 0.25) is 5.88 Å². The molecule has 0 aliphatic carbocycles. The Labute approximate surface area is 86.2 Å². The largest absolute Gasteiger partial charge is 0.481 e. The van der Waals surface area contributed by atoms with Crippen molar-refractivity contribution in [2.24, 2.45) is 10.7 Å². The maximum Gasteiger partial charge on any atom is 0.343 e. The van der Waals surface area contributed by atoms with Gasteiger partial charge in [-0.1, -0.05) is 0 Å². The van der Waals surface area contributed by atoms with Gasteiger partial charge in [0.25, 0.3) is 0 Å². The summed E-state index contributed by atoms with van der Waals surface area (Å²) in [4.78, 5) is 18.5. The van der Waals surface area contributed by atoms with Crippen LogP contribution in [0.2, 0.25) is 0 Å². The molecule has 1 aliphatic rings. The smallest absolute Gasteiger partial charge is 0.343 e. The Morgan fingerprint density at radius 1 is 1.53 bits per heavy atom. The van der Waals surface area contributed by atoms with Crippen molar-refractivity contribution in [2.45, 2.75) is 6.04 Å². The number of pyridine rings is 1. The Bertz CT molecular complexity index is 413. The highest BCUT2D eigenvalue weighted by Gasteiger charge is 2.25. The van der Waals surface area contributed by atoms with Crippen LogP contribution in [0.5, 0.6) is 5.88 Å². The van der Waals surface area contributed by atoms with Crippen molar-refractivity contribution in [1.29, 1.82) is 0 Å². The minimum Gasteiger partial charge on any atom is -0.481 e. The van der Waals surface area contributed by atoms with Gasteiger partial charge in [0.1, 0.15) is 11.9 Å². The number of nitrogens with zero attached hydrogens (tertiary/aromatic N) is 2. The lowest BCUT2D eigenvalue weighted by Crippen LogP contribution is -2.27. The molecule has 0 bridgehead atoms. The number of ether oxygens (including phenoxy) is 1. The highest BCUT2D eigenvalue weighted by atomic mass is 16.5. The number of urea groups is 1. The summed E-state index contributed by atoms with van der Waals surface area (Å²) in [5, 5.41) is 2.61. The summed E-state index contributed by atoms with van der Waals surface area (Å²) in [5.74, 6) is 0.769. The van der Waals surface area contributed by atoms with E-state index >= 15 is 0 Å². The lowest BCUT2D eigenvalue weighted by atomic mass is 10.1. The molecule has 2 heterocycles. The fourth-order valence-electron chi connectivity index (χ4n) is 1.35. The van der Waals surface area contributed by atoms with Crippen LogP contribution < -0.4 is 15.8 Å². The summed E-state index contributed by atoms with van der Waals surface area (Å²) in [7, 11) is 1.54. The van der Waals surface area contributed by atoms with Gasteiger partial charge < -0.3 is 15.8 Å². The predicted octanol–water partition coefficient (Wildman–Crippen LogP) is 0.212. The Hall–Kier alpha value is -2.11. The molecule has 3 N–H and O–H groups in total. The summed E-state index contributed by atoms with van der Waals surface area (Å²) >= 11 is 0. The number of nitrogens with two attached hydrogens (primary N) is 1. The number of rotatable bonds is 2. The van der Waals surface area contributed by atoms with Crippen LogP contribution >= 0.6 is 0 Å². The van der Waals surface area contributed by atoms with Gasteiger partial charge in [0.15, 0.2) is 0 Å². The first-order valence-electron chi connectivity index (χ1n) is 4.35. The second-order valence-electron chi connectivity index (χ2n) is 3.05. The number of hydrogen-bond acceptors (Lipinski definition) is 4. The van der Waals surface area contributed by atoms with E-state index in [4.69, 9.17) is 10.5 Å². The number of nitrogens with one attached hydrogen (secondary N) is 1. The van der Waals surface area contributed by atoms with E-state index in [-0.39, 0.29) is 11.9 Å². The Kier molecular flexibility index (Phi) is 2.24. The first-order valence-corrected chi connectivity index (χ1v) is 4.35. The second-order valence-corrected chi connectivity index (χ2v) is 3.05. The van der Waals surface area contributed by atoms with E-state index in [0.717, 1.165) is 5.56 Å². The lowest BCUT2D eigenvalue weighted by Gasteiger charge is -2.10. The molecule has 0 radical (unpaired) electrons. The van der Waals surface area contributed by atoms with E-state index in [2.05, 4.69) is 15.3 Å². The molecule has 0 spiro atoms. The van der Waals surface area contributed by atoms with Gasteiger partial charge in [0, 0.05) is 17.8 Å². The summed E-state index contributed by atoms with van der Waals surface area (Å²) in [5.41, 5.74) is 6.36. The van der Waals surface area contributed by atoms with E-state index in [1.165, 1.54) is 7.11 Å². The van der Waals surface area contributed by atoms with Crippen LogP contribution in [0.4, 0.5) is 4.79 Å². The predicted molar refractivity (Wildman–Crippen MR) is 53.7 cm³/mol. The van der Waals surface area contributed by atoms with E-state index < -0.39 is 6.03 Å². The van der Waals surface area contributed by atoms with Crippen molar-refractivity contribution in [3.8, 4) is 5.88 Å². The molecule has 2 amide bonds. The van der Waals surface area contributed by atoms with Crippen molar-refractivity contribution >= 4 is 11.9 Å². The average Bonchev–Trinajstić information content (AvgIpc) is 2.58. The SMILES string of the molecule is COc1ccc(C2NC(=O)N=C2N)cn1. The number of hydrogen-bond donors (Lipinski definition) is 2. The van der Waals surface area contributed by atoms with Gasteiger partial charge in [-0.2, -0.15) is 4.99 Å². The third-order valence-electron chi connectivity index (χ3n) is 2.10. The van der Waals surface area contributed by atoms with E-state index in [1.807, 2.05) is 0 Å². The number of methoxy groups -OCH3 is 1. The van der Waals surface area contributed by atoms with Crippen molar-refractivity contribution in [3.05, 3.63) is 23.9 Å². The molecule has 1 aromatic rings. The Balaban J connectivity index is 2.24. The number of aromatic nitrogens is 1. The molecule has 1 unspecified atom stereocenters. The minimum absolute atomic E-state index is 0.256. The van der Waals surface area contributed by atoms with Crippen LogP contribution in [-0.2, 0) is 0 Å². The van der Waals surface area contributed by atoms with Crippen LogP contribution in [0.25, 0.3) is 0 Å². The number of carbonyl (C=O) groups excluding carboxylic acids is 1. The monoisotopic (exact) mass is 206 g/mol. The van der Waals surface area contributed by atoms with Crippen LogP contribution in [0.1, 0.15) is 11.6 Å². The lowest BCUT2D eigenvalue weighted by molar-refractivity contribution is 0.250. The molecule has 0 saturated heterocycles. The number of aliphatic imine (C=N–C) groups is 1. The molecule has 1 atom stereocenters. The van der Waals surface area contributed by atoms with E-state index in [0.29, 0.717) is 5.88 Å². The van der Waals surface area contributed by atoms with Crippen LogP contribution in [0.3, 0.4) is 0 Å². The minimum atomic E-state index is -0.423. The molecule has 0 saturated carbocycles. The van der Waals surface area contributed by atoms with Crippen LogP contribution in [0.15, 0.2) is 23.3 Å². The van der Waals surface area contributed by atoms with Crippen molar-refractivity contribution in [1.82, 2.24) is 10.3 Å². The number of amides is 2. The van der Waals surface area contributed by atoms with Gasteiger partial charge in [-0.25, -0.2) is 9.78 Å². The maximum absolute atomic E-state index is 10.9. The third kappa shape index (κ3) is 1.74. The fraction of sp³-hybridized carbons (Fsp3) is 0.222. The van der Waals surface area contributed by atoms with Gasteiger partial charge in [-0.3, -0.25) is 0 Å². The first-order chi connectivity index (χ1) is 7.20. The zero-order chi connectivity index (χ0) is 10.8. The fourth-order valence-corrected chi connectivity index (χ4v) is 1.35. The van der Waals surface area contributed by atoms with Crippen molar-refractivity contribution in [3.63, 3.8) is 0 Å². The first kappa shape index (κ1) is 9.45. The van der Waals surface area contributed by atoms with Crippen LogP contribution in [0, 0.1) is 0 Å². The van der Waals surface area contributed by atoms with Gasteiger partial charge in [0.05, 0.1) is 7.11 Å². The highest BCUT2D eigenvalue weighted by Crippen LogP contribution is 2.18. The summed E-state index contributed by atoms with van der Waals surface area (Å²) in [6.45, 7) is 0. The third-order valence-corrected chi connectivity index (χ3v) is 2.10. The topological polar surface area (TPSA) is 89.6 Å². The summed E-state index contributed by atoms with van der Waals surface area (Å²) in [6.07, 6.45) is 1.59. The van der Waals surface area contributed by atoms with E-state index in [1.54, 1.807) is 18.3 Å². The Morgan fingerprint density at radius 3 is 2.80 bits per heavy atom. The second kappa shape index (κ2) is 3.56. The highest BCUT2D eigenvalue weighted by molar-refractivity contribution is 6.03. The molecule has 1 aliphatic heterocycles. The molecular weight excluding hydrogens is 196 g/mol. The normalized spacial score (nSPS) is 19.7. The van der Waals surface area contributed by atoms with Gasteiger partial charge >= 0.3 is 6.03 Å². The molecule has 6 nitrogen and oxygen atoms in total. The molecule has 1 aromatic heterocycles. The number of carbonyl (C=O) groups is 1. The maximum atomic E-state index is 10.9. The molecule has 0 fully saturated rings. The van der Waals surface area contributed by atoms with Crippen LogP contribution in [-0.4, -0.2) is 24.0 Å². The van der Waals surface area contributed by atoms with Gasteiger partial charge in [-0.15, -0.1) is 0 Å². The van der Waals surface area contributed by atoms with Crippen molar-refractivity contribution in [2.75, 3.05) is 7.11 Å². The quantitative estimate of drug-likeness (QED) is 0.723. The average molecular weight is 206 g/mol. The molecular formula is C9H10N4O2. The standard InChI is InChI=1S/C9H10N4O2/c1-15-6-3-2-5(4-11-6)7-8(10)13-9(14)12-7/h2-4,7H,1H3,(H3,10,12,13,14). The summed E-state index contributed by atoms with van der Waals surface area (Å²) in [6, 6.07) is 2.68. The Morgan fingerprint density at radius 2 is 2.33 bits per heavy atom. The molecule has 2 rings (SSSR count). The van der Waals surface area contributed by atoms with Crippen molar-refractivity contribution < 1.29 is 9.53 Å².